The molecule has 9 heavy (non-hydrogen) atoms. The lowest BCUT2D eigenvalue weighted by molar-refractivity contribution is 0.132. The molecular weight excluding hydrogens is 112 g/mol. The zero-order chi connectivity index (χ0) is 7.44. The van der Waals surface area contributed by atoms with Crippen LogP contribution in [-0.4, -0.2) is 11.2 Å². The van der Waals surface area contributed by atoms with E-state index in [9.17, 15) is 0 Å². The molecule has 1 radical (unpaired) electrons. The molecule has 0 aromatic rings. The van der Waals surface area contributed by atoms with E-state index in [1.165, 1.54) is 5.92 Å². The maximum atomic E-state index is 9.06. The molecule has 2 atom stereocenters. The molecule has 0 rings (SSSR count). The van der Waals surface area contributed by atoms with Gasteiger partial charge in [-0.05, 0) is 25.2 Å². The molecule has 2 unspecified atom stereocenters. The Bertz CT molecular complexity index is 67.0. The summed E-state index contributed by atoms with van der Waals surface area (Å²) in [5.41, 5.74) is 0. The van der Waals surface area contributed by atoms with E-state index in [4.69, 9.17) is 5.11 Å². The van der Waals surface area contributed by atoms with Crippen LogP contribution in [0.5, 0.6) is 0 Å². The molecule has 0 aliphatic carbocycles. The van der Waals surface area contributed by atoms with Crippen molar-refractivity contribution in [1.29, 1.82) is 0 Å². The Morgan fingerprint density at radius 1 is 1.33 bits per heavy atom. The second-order valence-electron chi connectivity index (χ2n) is 3.13. The van der Waals surface area contributed by atoms with Crippen LogP contribution in [0.15, 0.2) is 0 Å². The van der Waals surface area contributed by atoms with Crippen molar-refractivity contribution in [2.24, 2.45) is 5.92 Å². The van der Waals surface area contributed by atoms with Gasteiger partial charge in [0.2, 0.25) is 0 Å². The summed E-state index contributed by atoms with van der Waals surface area (Å²) in [7, 11) is 0. The van der Waals surface area contributed by atoms with Crippen molar-refractivity contribution in [3.05, 3.63) is 5.92 Å². The Labute approximate surface area is 58.1 Å². The first-order valence-corrected chi connectivity index (χ1v) is 3.51. The molecule has 1 nitrogen and oxygen atoms in total. The number of aliphatic hydroxyl groups is 1. The third kappa shape index (κ3) is 4.46. The van der Waals surface area contributed by atoms with Crippen molar-refractivity contribution >= 4 is 0 Å². The Morgan fingerprint density at radius 3 is 1.89 bits per heavy atom. The summed E-state index contributed by atoms with van der Waals surface area (Å²) in [6, 6.07) is 0. The van der Waals surface area contributed by atoms with Crippen LogP contribution in [0, 0.1) is 11.8 Å². The standard InChI is InChI=1S/C8H17O/c1-6(2)5-7(3)8(4)9/h7-9H,5H2,1-4H3. The van der Waals surface area contributed by atoms with Gasteiger partial charge >= 0.3 is 0 Å². The van der Waals surface area contributed by atoms with Gasteiger partial charge in [-0.2, -0.15) is 0 Å². The SMILES string of the molecule is C[C](C)CC(C)C(C)O. The molecule has 1 N–H and O–H groups in total. The van der Waals surface area contributed by atoms with Crippen LogP contribution in [0.1, 0.15) is 34.1 Å². The molecule has 0 bridgehead atoms. The van der Waals surface area contributed by atoms with E-state index in [1.807, 2.05) is 6.92 Å². The van der Waals surface area contributed by atoms with E-state index in [2.05, 4.69) is 20.8 Å². The van der Waals surface area contributed by atoms with Crippen molar-refractivity contribution in [1.82, 2.24) is 0 Å². The van der Waals surface area contributed by atoms with Gasteiger partial charge in [-0.3, -0.25) is 0 Å². The van der Waals surface area contributed by atoms with Gasteiger partial charge in [-0.25, -0.2) is 0 Å². The average Bonchev–Trinajstić information content (AvgIpc) is 1.63. The summed E-state index contributed by atoms with van der Waals surface area (Å²) in [5, 5.41) is 9.06. The van der Waals surface area contributed by atoms with Gasteiger partial charge in [-0.1, -0.05) is 20.8 Å². The molecule has 0 amide bonds. The second kappa shape index (κ2) is 3.89. The minimum atomic E-state index is -0.167. The summed E-state index contributed by atoms with van der Waals surface area (Å²) in [5.74, 6) is 1.80. The van der Waals surface area contributed by atoms with Crippen LogP contribution >= 0.6 is 0 Å². The lowest BCUT2D eigenvalue weighted by Gasteiger charge is -2.15. The zero-order valence-corrected chi connectivity index (χ0v) is 6.81. The maximum absolute atomic E-state index is 9.06. The fourth-order valence-electron chi connectivity index (χ4n) is 0.815. The van der Waals surface area contributed by atoms with Crippen LogP contribution in [-0.2, 0) is 0 Å². The quantitative estimate of drug-likeness (QED) is 0.618. The highest BCUT2D eigenvalue weighted by molar-refractivity contribution is 4.80. The third-order valence-electron chi connectivity index (χ3n) is 1.55. The van der Waals surface area contributed by atoms with Crippen LogP contribution in [0.3, 0.4) is 0 Å². The molecule has 0 saturated heterocycles. The van der Waals surface area contributed by atoms with E-state index in [-0.39, 0.29) is 6.10 Å². The molecule has 0 saturated carbocycles. The van der Waals surface area contributed by atoms with E-state index in [1.54, 1.807) is 0 Å². The highest BCUT2D eigenvalue weighted by Crippen LogP contribution is 2.15. The molecule has 0 fully saturated rings. The largest absolute Gasteiger partial charge is 0.393 e. The smallest absolute Gasteiger partial charge is 0.0537 e. The Morgan fingerprint density at radius 2 is 1.78 bits per heavy atom. The molecule has 0 aliphatic heterocycles. The van der Waals surface area contributed by atoms with Gasteiger partial charge in [0.15, 0.2) is 0 Å². The number of aliphatic hydroxyl groups excluding tert-OH is 1. The van der Waals surface area contributed by atoms with Crippen LogP contribution < -0.4 is 0 Å². The Hall–Kier alpha value is -0.0400. The molecule has 1 heteroatoms. The van der Waals surface area contributed by atoms with Crippen molar-refractivity contribution in [2.45, 2.75) is 40.2 Å². The molecular formula is C8H17O. The van der Waals surface area contributed by atoms with Gasteiger partial charge in [0.1, 0.15) is 0 Å². The third-order valence-corrected chi connectivity index (χ3v) is 1.55. The normalized spacial score (nSPS) is 18.0. The van der Waals surface area contributed by atoms with Gasteiger partial charge < -0.3 is 5.11 Å². The number of hydrogen-bond acceptors (Lipinski definition) is 1. The predicted octanol–water partition coefficient (Wildman–Crippen LogP) is 2.01. The van der Waals surface area contributed by atoms with Gasteiger partial charge in [0.25, 0.3) is 0 Å². The fraction of sp³-hybridized carbons (Fsp3) is 0.875. The fourth-order valence-corrected chi connectivity index (χ4v) is 0.815. The molecule has 0 heterocycles. The Kier molecular flexibility index (Phi) is 3.87. The molecule has 55 valence electrons. The van der Waals surface area contributed by atoms with E-state index >= 15 is 0 Å². The summed E-state index contributed by atoms with van der Waals surface area (Å²) in [6.45, 7) is 8.10. The monoisotopic (exact) mass is 129 g/mol. The summed E-state index contributed by atoms with van der Waals surface area (Å²) in [6.07, 6.45) is 0.873. The van der Waals surface area contributed by atoms with Crippen molar-refractivity contribution < 1.29 is 5.11 Å². The van der Waals surface area contributed by atoms with E-state index < -0.39 is 0 Å². The first-order valence-electron chi connectivity index (χ1n) is 3.51. The molecule has 0 spiro atoms. The van der Waals surface area contributed by atoms with Crippen LogP contribution in [0.25, 0.3) is 0 Å². The van der Waals surface area contributed by atoms with Crippen LogP contribution in [0.2, 0.25) is 0 Å². The average molecular weight is 129 g/mol. The van der Waals surface area contributed by atoms with E-state index in [0.717, 1.165) is 6.42 Å². The van der Waals surface area contributed by atoms with Crippen molar-refractivity contribution in [3.8, 4) is 0 Å². The Balaban J connectivity index is 3.38. The molecule has 0 aliphatic rings. The summed E-state index contributed by atoms with van der Waals surface area (Å²) >= 11 is 0. The van der Waals surface area contributed by atoms with Gasteiger partial charge in [-0.15, -0.1) is 0 Å². The van der Waals surface area contributed by atoms with Crippen molar-refractivity contribution in [2.75, 3.05) is 0 Å². The summed E-state index contributed by atoms with van der Waals surface area (Å²) < 4.78 is 0. The highest BCUT2D eigenvalue weighted by atomic mass is 16.3. The number of rotatable bonds is 3. The van der Waals surface area contributed by atoms with Gasteiger partial charge in [0, 0.05) is 0 Å². The molecule has 0 aromatic heterocycles. The van der Waals surface area contributed by atoms with E-state index in [0.29, 0.717) is 5.92 Å². The topological polar surface area (TPSA) is 20.2 Å². The summed E-state index contributed by atoms with van der Waals surface area (Å²) in [4.78, 5) is 0. The minimum Gasteiger partial charge on any atom is -0.393 e. The zero-order valence-electron chi connectivity index (χ0n) is 6.81. The second-order valence-corrected chi connectivity index (χ2v) is 3.13. The number of hydrogen-bond donors (Lipinski definition) is 1. The highest BCUT2D eigenvalue weighted by Gasteiger charge is 2.09. The lowest BCUT2D eigenvalue weighted by Crippen LogP contribution is -2.14. The molecule has 0 aromatic carbocycles. The maximum Gasteiger partial charge on any atom is 0.0537 e. The van der Waals surface area contributed by atoms with Crippen molar-refractivity contribution in [3.63, 3.8) is 0 Å². The minimum absolute atomic E-state index is 0.167. The first kappa shape index (κ1) is 8.96. The first-order chi connectivity index (χ1) is 4.04. The van der Waals surface area contributed by atoms with Gasteiger partial charge in [0.05, 0.1) is 6.10 Å². The lowest BCUT2D eigenvalue weighted by atomic mass is 9.95. The van der Waals surface area contributed by atoms with Crippen LogP contribution in [0.4, 0.5) is 0 Å². The predicted molar refractivity (Wildman–Crippen MR) is 40.1 cm³/mol.